The van der Waals surface area contributed by atoms with Gasteiger partial charge in [-0.2, -0.15) is 10.2 Å². The third-order valence-corrected chi connectivity index (χ3v) is 2.60. The molecule has 0 aliphatic heterocycles. The fraction of sp³-hybridized carbons (Fsp3) is 0.0833. The molecule has 16 heavy (non-hydrogen) atoms. The molecule has 3 rings (SSSR count). The van der Waals surface area contributed by atoms with Gasteiger partial charge in [0.1, 0.15) is 5.69 Å². The summed E-state index contributed by atoms with van der Waals surface area (Å²) in [7, 11) is 1.71. The number of nitriles is 1. The smallest absolute Gasteiger partial charge is 0.301 e. The number of fused-ring (bicyclic) bond motifs is 3. The van der Waals surface area contributed by atoms with Crippen LogP contribution in [-0.4, -0.2) is 17.7 Å². The molecule has 1 aromatic carbocycles. The minimum Gasteiger partial charge on any atom is -0.428 e. The Morgan fingerprint density at radius 1 is 1.31 bits per heavy atom. The fourth-order valence-electron chi connectivity index (χ4n) is 1.95. The molecular formula is C12H7N3O. The lowest BCUT2D eigenvalue weighted by Crippen LogP contribution is -1.99. The average molecular weight is 209 g/mol. The molecular weight excluding hydrogens is 202 g/mol. The summed E-state index contributed by atoms with van der Waals surface area (Å²) in [5.41, 5.74) is 3.42. The van der Waals surface area contributed by atoms with Gasteiger partial charge in [-0.1, -0.05) is 24.3 Å². The zero-order chi connectivity index (χ0) is 11.1. The predicted octanol–water partition coefficient (Wildman–Crippen LogP) is 1.99. The molecule has 0 radical (unpaired) electrons. The quantitative estimate of drug-likeness (QED) is 0.568. The highest BCUT2D eigenvalue weighted by molar-refractivity contribution is 6.22. The van der Waals surface area contributed by atoms with E-state index in [1.54, 1.807) is 7.05 Å². The second-order valence-corrected chi connectivity index (χ2v) is 3.43. The fourth-order valence-corrected chi connectivity index (χ4v) is 1.95. The molecule has 1 heterocycles. The van der Waals surface area contributed by atoms with Crippen LogP contribution < -0.4 is 0 Å². The van der Waals surface area contributed by atoms with Gasteiger partial charge in [0.15, 0.2) is 11.8 Å². The second kappa shape index (κ2) is 3.04. The van der Waals surface area contributed by atoms with Crippen molar-refractivity contribution in [2.75, 3.05) is 7.05 Å². The third-order valence-electron chi connectivity index (χ3n) is 2.60. The van der Waals surface area contributed by atoms with Crippen molar-refractivity contribution in [1.82, 2.24) is 4.98 Å². The zero-order valence-electron chi connectivity index (χ0n) is 8.56. The van der Waals surface area contributed by atoms with Crippen LogP contribution in [0.5, 0.6) is 0 Å². The molecule has 2 aromatic rings. The molecule has 0 bridgehead atoms. The number of benzene rings is 1. The zero-order valence-corrected chi connectivity index (χ0v) is 8.56. The van der Waals surface area contributed by atoms with E-state index >= 15 is 0 Å². The van der Waals surface area contributed by atoms with E-state index in [2.05, 4.69) is 9.98 Å². The van der Waals surface area contributed by atoms with Gasteiger partial charge in [0.2, 0.25) is 0 Å². The van der Waals surface area contributed by atoms with Crippen LogP contribution in [0.2, 0.25) is 0 Å². The van der Waals surface area contributed by atoms with Gasteiger partial charge in [-0.25, -0.2) is 0 Å². The van der Waals surface area contributed by atoms with Crippen LogP contribution >= 0.6 is 0 Å². The van der Waals surface area contributed by atoms with Gasteiger partial charge in [-0.3, -0.25) is 4.99 Å². The van der Waals surface area contributed by atoms with Crippen molar-refractivity contribution >= 4 is 5.71 Å². The number of hydrogen-bond acceptors (Lipinski definition) is 4. The number of oxazole rings is 1. The maximum atomic E-state index is 8.76. The summed E-state index contributed by atoms with van der Waals surface area (Å²) >= 11 is 0. The summed E-state index contributed by atoms with van der Waals surface area (Å²) in [6.45, 7) is 0. The van der Waals surface area contributed by atoms with E-state index in [1.165, 1.54) is 0 Å². The Labute approximate surface area is 91.9 Å². The summed E-state index contributed by atoms with van der Waals surface area (Å²) in [6, 6.07) is 9.69. The lowest BCUT2D eigenvalue weighted by atomic mass is 10.1. The minimum absolute atomic E-state index is 0.0839. The Kier molecular flexibility index (Phi) is 1.68. The van der Waals surface area contributed by atoms with Gasteiger partial charge >= 0.3 is 5.89 Å². The molecule has 0 amide bonds. The van der Waals surface area contributed by atoms with E-state index in [-0.39, 0.29) is 5.89 Å². The lowest BCUT2D eigenvalue weighted by molar-refractivity contribution is 0.556. The van der Waals surface area contributed by atoms with Gasteiger partial charge < -0.3 is 4.42 Å². The molecule has 0 atom stereocenters. The van der Waals surface area contributed by atoms with Crippen molar-refractivity contribution in [1.29, 1.82) is 5.26 Å². The Balaban J connectivity index is 2.37. The molecule has 1 aliphatic rings. The SMILES string of the molecule is CN=C1c2ccccc2-c2oc(C#N)nc21. The van der Waals surface area contributed by atoms with Gasteiger partial charge in [0, 0.05) is 18.2 Å². The average Bonchev–Trinajstić information content (AvgIpc) is 2.85. The van der Waals surface area contributed by atoms with Crippen LogP contribution in [0.4, 0.5) is 0 Å². The summed E-state index contributed by atoms with van der Waals surface area (Å²) in [5, 5.41) is 8.76. The predicted molar refractivity (Wildman–Crippen MR) is 58.2 cm³/mol. The highest BCUT2D eigenvalue weighted by Crippen LogP contribution is 2.36. The summed E-state index contributed by atoms with van der Waals surface area (Å²) in [4.78, 5) is 8.32. The van der Waals surface area contributed by atoms with Gasteiger partial charge in [-0.05, 0) is 0 Å². The van der Waals surface area contributed by atoms with Crippen molar-refractivity contribution < 1.29 is 4.42 Å². The Morgan fingerprint density at radius 3 is 2.75 bits per heavy atom. The van der Waals surface area contributed by atoms with Crippen LogP contribution in [0, 0.1) is 11.3 Å². The summed E-state index contributed by atoms with van der Waals surface area (Å²) in [6.07, 6.45) is 0. The molecule has 4 nitrogen and oxygen atoms in total. The Hall–Kier alpha value is -2.41. The lowest BCUT2D eigenvalue weighted by Gasteiger charge is -1.97. The third kappa shape index (κ3) is 0.971. The van der Waals surface area contributed by atoms with Crippen LogP contribution in [0.3, 0.4) is 0 Å². The highest BCUT2D eigenvalue weighted by Gasteiger charge is 2.30. The van der Waals surface area contributed by atoms with E-state index in [1.807, 2.05) is 30.3 Å². The topological polar surface area (TPSA) is 62.2 Å². The number of aromatic nitrogens is 1. The van der Waals surface area contributed by atoms with Crippen molar-refractivity contribution in [3.63, 3.8) is 0 Å². The van der Waals surface area contributed by atoms with E-state index in [9.17, 15) is 0 Å². The highest BCUT2D eigenvalue weighted by atomic mass is 16.4. The first-order valence-corrected chi connectivity index (χ1v) is 4.83. The maximum Gasteiger partial charge on any atom is 0.301 e. The molecule has 1 aromatic heterocycles. The largest absolute Gasteiger partial charge is 0.428 e. The maximum absolute atomic E-state index is 8.76. The number of rotatable bonds is 0. The van der Waals surface area contributed by atoms with Crippen LogP contribution in [-0.2, 0) is 0 Å². The van der Waals surface area contributed by atoms with Crippen LogP contribution in [0.25, 0.3) is 11.3 Å². The molecule has 0 spiro atoms. The van der Waals surface area contributed by atoms with Crippen molar-refractivity contribution in [2.24, 2.45) is 4.99 Å². The molecule has 76 valence electrons. The summed E-state index contributed by atoms with van der Waals surface area (Å²) < 4.78 is 5.38. The van der Waals surface area contributed by atoms with Gasteiger partial charge in [-0.15, -0.1) is 0 Å². The Bertz CT molecular complexity index is 647. The van der Waals surface area contributed by atoms with Crippen molar-refractivity contribution in [3.05, 3.63) is 41.4 Å². The molecule has 0 fully saturated rings. The second-order valence-electron chi connectivity index (χ2n) is 3.43. The summed E-state index contributed by atoms with van der Waals surface area (Å²) in [5.74, 6) is 0.730. The Morgan fingerprint density at radius 2 is 2.06 bits per heavy atom. The molecule has 0 N–H and O–H groups in total. The molecule has 4 heteroatoms. The number of hydrogen-bond donors (Lipinski definition) is 0. The molecule has 0 saturated carbocycles. The molecule has 0 saturated heterocycles. The first-order chi connectivity index (χ1) is 7.85. The first-order valence-electron chi connectivity index (χ1n) is 4.83. The van der Waals surface area contributed by atoms with Gasteiger partial charge in [0.05, 0.1) is 5.71 Å². The normalized spacial score (nSPS) is 14.6. The van der Waals surface area contributed by atoms with Crippen molar-refractivity contribution in [2.45, 2.75) is 0 Å². The van der Waals surface area contributed by atoms with E-state index in [0.29, 0.717) is 11.5 Å². The van der Waals surface area contributed by atoms with E-state index in [4.69, 9.17) is 9.68 Å². The standard InChI is InChI=1S/C12H7N3O/c1-14-10-7-4-2-3-5-8(7)12-11(10)15-9(6-13)16-12/h2-5H,1H3. The number of nitrogens with zero attached hydrogens (tertiary/aromatic N) is 3. The van der Waals surface area contributed by atoms with E-state index < -0.39 is 0 Å². The van der Waals surface area contributed by atoms with Crippen LogP contribution in [0.1, 0.15) is 17.1 Å². The molecule has 1 aliphatic carbocycles. The van der Waals surface area contributed by atoms with Gasteiger partial charge in [0.25, 0.3) is 0 Å². The number of aliphatic imine (C=N–C) groups is 1. The first kappa shape index (κ1) is 8.86. The van der Waals surface area contributed by atoms with E-state index in [0.717, 1.165) is 16.8 Å². The van der Waals surface area contributed by atoms with Crippen LogP contribution in [0.15, 0.2) is 33.7 Å². The monoisotopic (exact) mass is 209 g/mol. The molecule has 0 unspecified atom stereocenters. The van der Waals surface area contributed by atoms with Crippen molar-refractivity contribution in [3.8, 4) is 17.4 Å². The minimum atomic E-state index is 0.0839.